The van der Waals surface area contributed by atoms with Crippen molar-refractivity contribution in [3.8, 4) is 5.75 Å². The lowest BCUT2D eigenvalue weighted by Gasteiger charge is -2.27. The maximum Gasteiger partial charge on any atom is 0.241 e. The summed E-state index contributed by atoms with van der Waals surface area (Å²) in [5, 5.41) is 3.39. The van der Waals surface area contributed by atoms with Crippen LogP contribution in [0, 0.1) is 11.8 Å². The van der Waals surface area contributed by atoms with Crippen LogP contribution >= 0.6 is 11.6 Å². The van der Waals surface area contributed by atoms with E-state index in [4.69, 9.17) is 16.3 Å². The molecule has 2 aliphatic carbocycles. The molecule has 8 heteroatoms. The Labute approximate surface area is 153 Å². The Morgan fingerprint density at radius 1 is 1.36 bits per heavy atom. The van der Waals surface area contributed by atoms with E-state index in [1.165, 1.54) is 26.0 Å². The van der Waals surface area contributed by atoms with E-state index in [0.717, 1.165) is 23.4 Å². The fourth-order valence-electron chi connectivity index (χ4n) is 4.04. The van der Waals surface area contributed by atoms with Crippen LogP contribution in [0.4, 0.5) is 5.69 Å². The second kappa shape index (κ2) is 7.03. The van der Waals surface area contributed by atoms with Crippen LogP contribution in [0.5, 0.6) is 5.75 Å². The normalized spacial score (nSPS) is 25.0. The van der Waals surface area contributed by atoms with E-state index in [2.05, 4.69) is 5.32 Å². The molecule has 138 valence electrons. The predicted molar refractivity (Wildman–Crippen MR) is 97.6 cm³/mol. The van der Waals surface area contributed by atoms with Gasteiger partial charge in [0.1, 0.15) is 12.3 Å². The molecule has 1 aromatic carbocycles. The average molecular weight is 387 g/mol. The first-order valence-corrected chi connectivity index (χ1v) is 10.6. The number of nitrogens with one attached hydrogen (secondary N) is 1. The molecule has 2 bridgehead atoms. The van der Waals surface area contributed by atoms with Crippen molar-refractivity contribution in [1.29, 1.82) is 0 Å². The largest absolute Gasteiger partial charge is 0.495 e. The van der Waals surface area contributed by atoms with Crippen molar-refractivity contribution in [3.63, 3.8) is 0 Å². The molecule has 0 aromatic heterocycles. The summed E-state index contributed by atoms with van der Waals surface area (Å²) < 4.78 is 30.8. The van der Waals surface area contributed by atoms with Gasteiger partial charge in [0.25, 0.3) is 0 Å². The van der Waals surface area contributed by atoms with Crippen molar-refractivity contribution >= 4 is 33.2 Å². The number of sulfonamides is 1. The number of carbonyl (C=O) groups is 1. The first kappa shape index (κ1) is 18.3. The predicted octanol–water partition coefficient (Wildman–Crippen LogP) is 2.42. The van der Waals surface area contributed by atoms with Gasteiger partial charge in [0.15, 0.2) is 0 Å². The number of methoxy groups -OCH3 is 1. The number of hydrogen-bond donors (Lipinski definition) is 1. The summed E-state index contributed by atoms with van der Waals surface area (Å²) in [5.74, 6) is 1.28. The summed E-state index contributed by atoms with van der Waals surface area (Å²) in [6, 6.07) is 4.85. The lowest BCUT2D eigenvalue weighted by molar-refractivity contribution is -0.120. The fraction of sp³-hybridized carbons (Fsp3) is 0.588. The smallest absolute Gasteiger partial charge is 0.241 e. The van der Waals surface area contributed by atoms with Crippen LogP contribution in [-0.2, 0) is 14.8 Å². The fourth-order valence-corrected chi connectivity index (χ4v) is 5.06. The monoisotopic (exact) mass is 386 g/mol. The number of fused-ring (bicyclic) bond motifs is 2. The Bertz CT molecular complexity index is 768. The molecule has 3 atom stereocenters. The molecule has 25 heavy (non-hydrogen) atoms. The van der Waals surface area contributed by atoms with E-state index in [0.29, 0.717) is 22.6 Å². The molecule has 1 aromatic rings. The Morgan fingerprint density at radius 2 is 2.12 bits per heavy atom. The third kappa shape index (κ3) is 4.03. The SMILES string of the molecule is COc1ccc(Cl)cc1N(CC(=O)N[C@H]1C[C@@H]2CC[C@H]1C2)S(C)(=O)=O. The van der Waals surface area contributed by atoms with Gasteiger partial charge in [-0.2, -0.15) is 0 Å². The molecule has 0 spiro atoms. The summed E-state index contributed by atoms with van der Waals surface area (Å²) in [5.41, 5.74) is 0.264. The third-order valence-corrected chi connectivity index (χ3v) is 6.54. The number of rotatable bonds is 6. The molecule has 0 radical (unpaired) electrons. The molecular formula is C17H23ClN2O4S. The second-order valence-corrected chi connectivity index (χ2v) is 9.28. The zero-order chi connectivity index (χ0) is 18.2. The molecule has 1 N–H and O–H groups in total. The number of ether oxygens (including phenoxy) is 1. The van der Waals surface area contributed by atoms with E-state index < -0.39 is 10.0 Å². The summed E-state index contributed by atoms with van der Waals surface area (Å²) in [4.78, 5) is 12.5. The van der Waals surface area contributed by atoms with Gasteiger partial charge in [0, 0.05) is 11.1 Å². The first-order chi connectivity index (χ1) is 11.8. The molecule has 2 fully saturated rings. The van der Waals surface area contributed by atoms with Gasteiger partial charge < -0.3 is 10.1 Å². The van der Waals surface area contributed by atoms with Crippen LogP contribution in [0.25, 0.3) is 0 Å². The molecule has 2 saturated carbocycles. The number of carbonyl (C=O) groups excluding carboxylic acids is 1. The minimum Gasteiger partial charge on any atom is -0.495 e. The lowest BCUT2D eigenvalue weighted by atomic mass is 9.95. The summed E-state index contributed by atoms with van der Waals surface area (Å²) >= 11 is 6.01. The van der Waals surface area contributed by atoms with E-state index in [1.807, 2.05) is 0 Å². The van der Waals surface area contributed by atoms with Gasteiger partial charge in [-0.25, -0.2) is 8.42 Å². The van der Waals surface area contributed by atoms with Gasteiger partial charge >= 0.3 is 0 Å². The Morgan fingerprint density at radius 3 is 2.68 bits per heavy atom. The van der Waals surface area contributed by atoms with Crippen molar-refractivity contribution in [2.75, 3.05) is 24.2 Å². The molecule has 6 nitrogen and oxygen atoms in total. The number of nitrogens with zero attached hydrogens (tertiary/aromatic N) is 1. The van der Waals surface area contributed by atoms with Gasteiger partial charge in [0.05, 0.1) is 19.1 Å². The number of hydrogen-bond acceptors (Lipinski definition) is 4. The van der Waals surface area contributed by atoms with E-state index >= 15 is 0 Å². The van der Waals surface area contributed by atoms with E-state index in [-0.39, 0.29) is 24.2 Å². The zero-order valence-corrected chi connectivity index (χ0v) is 15.9. The Kier molecular flexibility index (Phi) is 5.16. The molecular weight excluding hydrogens is 364 g/mol. The van der Waals surface area contributed by atoms with Crippen molar-refractivity contribution in [2.45, 2.75) is 31.7 Å². The van der Waals surface area contributed by atoms with Crippen molar-refractivity contribution < 1.29 is 17.9 Å². The van der Waals surface area contributed by atoms with Gasteiger partial charge in [-0.1, -0.05) is 18.0 Å². The lowest BCUT2D eigenvalue weighted by Crippen LogP contribution is -2.45. The van der Waals surface area contributed by atoms with Gasteiger partial charge in [-0.3, -0.25) is 9.10 Å². The zero-order valence-electron chi connectivity index (χ0n) is 14.4. The highest BCUT2D eigenvalue weighted by atomic mass is 35.5. The van der Waals surface area contributed by atoms with Gasteiger partial charge in [-0.15, -0.1) is 0 Å². The van der Waals surface area contributed by atoms with Gasteiger partial charge in [0.2, 0.25) is 15.9 Å². The highest BCUT2D eigenvalue weighted by Crippen LogP contribution is 2.44. The maximum atomic E-state index is 12.5. The molecule has 0 aliphatic heterocycles. The summed E-state index contributed by atoms with van der Waals surface area (Å²) in [6.45, 7) is -0.288. The number of halogens is 1. The average Bonchev–Trinajstić information content (AvgIpc) is 3.14. The first-order valence-electron chi connectivity index (χ1n) is 8.38. The number of benzene rings is 1. The van der Waals surface area contributed by atoms with Crippen LogP contribution in [0.2, 0.25) is 5.02 Å². The minimum absolute atomic E-state index is 0.161. The minimum atomic E-state index is -3.67. The second-order valence-electron chi connectivity index (χ2n) is 6.93. The quantitative estimate of drug-likeness (QED) is 0.814. The number of anilines is 1. The van der Waals surface area contributed by atoms with Crippen LogP contribution in [-0.4, -0.2) is 40.3 Å². The third-order valence-electron chi connectivity index (χ3n) is 5.18. The standard InChI is InChI=1S/C17H23ClN2O4S/c1-24-16-6-5-13(18)9-15(16)20(25(2,22)23)10-17(21)19-14-8-11-3-4-12(14)7-11/h5-6,9,11-12,14H,3-4,7-8,10H2,1-2H3,(H,19,21)/t11-,12+,14+/m1/s1. The van der Waals surface area contributed by atoms with Crippen LogP contribution in [0.3, 0.4) is 0 Å². The summed E-state index contributed by atoms with van der Waals surface area (Å²) in [7, 11) is -2.23. The van der Waals surface area contributed by atoms with Gasteiger partial charge in [-0.05, 0) is 49.3 Å². The molecule has 0 saturated heterocycles. The highest BCUT2D eigenvalue weighted by Gasteiger charge is 2.40. The summed E-state index contributed by atoms with van der Waals surface area (Å²) in [6.07, 6.45) is 5.62. The molecule has 0 heterocycles. The Balaban J connectivity index is 1.78. The molecule has 3 rings (SSSR count). The van der Waals surface area contributed by atoms with Crippen LogP contribution in [0.1, 0.15) is 25.7 Å². The Hall–Kier alpha value is -1.47. The van der Waals surface area contributed by atoms with E-state index in [1.54, 1.807) is 12.1 Å². The molecule has 2 aliphatic rings. The topological polar surface area (TPSA) is 75.7 Å². The van der Waals surface area contributed by atoms with E-state index in [9.17, 15) is 13.2 Å². The van der Waals surface area contributed by atoms with Crippen molar-refractivity contribution in [1.82, 2.24) is 5.32 Å². The number of amides is 1. The maximum absolute atomic E-state index is 12.5. The van der Waals surface area contributed by atoms with Crippen LogP contribution < -0.4 is 14.4 Å². The highest BCUT2D eigenvalue weighted by molar-refractivity contribution is 7.92. The van der Waals surface area contributed by atoms with Crippen molar-refractivity contribution in [3.05, 3.63) is 23.2 Å². The van der Waals surface area contributed by atoms with Crippen LogP contribution in [0.15, 0.2) is 18.2 Å². The van der Waals surface area contributed by atoms with Crippen molar-refractivity contribution in [2.24, 2.45) is 11.8 Å². The molecule has 0 unspecified atom stereocenters. The molecule has 1 amide bonds.